The number of aromatic carboxylic acids is 1. The largest absolute Gasteiger partial charge is 0.505 e. The standard InChI is InChI=1S/C14H20N2O4/c1-3-6-9(4-2)15-14(20)16-11-8-5-7-10(12(11)17)13(18)19/h5,7-9,17H,3-4,6H2,1-2H3,(H,18,19)(H2,15,16,20). The molecule has 0 fully saturated rings. The van der Waals surface area contributed by atoms with Gasteiger partial charge in [-0.1, -0.05) is 26.3 Å². The number of phenols is 1. The number of aromatic hydroxyl groups is 1. The molecule has 1 unspecified atom stereocenters. The van der Waals surface area contributed by atoms with E-state index in [0.717, 1.165) is 19.3 Å². The average Bonchev–Trinajstić information content (AvgIpc) is 2.40. The van der Waals surface area contributed by atoms with Gasteiger partial charge in [0, 0.05) is 6.04 Å². The van der Waals surface area contributed by atoms with E-state index in [1.807, 2.05) is 13.8 Å². The molecule has 4 N–H and O–H groups in total. The highest BCUT2D eigenvalue weighted by atomic mass is 16.4. The van der Waals surface area contributed by atoms with Crippen LogP contribution < -0.4 is 10.6 Å². The van der Waals surface area contributed by atoms with Gasteiger partial charge in [0.1, 0.15) is 5.56 Å². The molecular formula is C14H20N2O4. The van der Waals surface area contributed by atoms with E-state index in [1.165, 1.54) is 18.2 Å². The quantitative estimate of drug-likeness (QED) is 0.602. The Morgan fingerprint density at radius 1 is 1.30 bits per heavy atom. The van der Waals surface area contributed by atoms with Gasteiger partial charge in [-0.25, -0.2) is 9.59 Å². The number of urea groups is 1. The van der Waals surface area contributed by atoms with Crippen molar-refractivity contribution in [3.8, 4) is 5.75 Å². The zero-order valence-corrected chi connectivity index (χ0v) is 11.6. The fourth-order valence-corrected chi connectivity index (χ4v) is 1.89. The monoisotopic (exact) mass is 280 g/mol. The molecule has 6 nitrogen and oxygen atoms in total. The molecule has 0 saturated carbocycles. The molecule has 0 radical (unpaired) electrons. The van der Waals surface area contributed by atoms with Gasteiger partial charge in [0.25, 0.3) is 0 Å². The number of carbonyl (C=O) groups excluding carboxylic acids is 1. The molecule has 0 bridgehead atoms. The SMILES string of the molecule is CCCC(CC)NC(=O)Nc1cccc(C(=O)O)c1O. The third-order valence-corrected chi connectivity index (χ3v) is 2.98. The summed E-state index contributed by atoms with van der Waals surface area (Å²) in [6.07, 6.45) is 2.63. The molecule has 1 aromatic carbocycles. The van der Waals surface area contributed by atoms with Crippen molar-refractivity contribution >= 4 is 17.7 Å². The van der Waals surface area contributed by atoms with Crippen LogP contribution in [0.25, 0.3) is 0 Å². The molecule has 0 saturated heterocycles. The summed E-state index contributed by atoms with van der Waals surface area (Å²) >= 11 is 0. The Hall–Kier alpha value is -2.24. The van der Waals surface area contributed by atoms with Crippen molar-refractivity contribution in [1.82, 2.24) is 5.32 Å². The maximum absolute atomic E-state index is 11.8. The van der Waals surface area contributed by atoms with Gasteiger partial charge in [-0.15, -0.1) is 0 Å². The summed E-state index contributed by atoms with van der Waals surface area (Å²) < 4.78 is 0. The van der Waals surface area contributed by atoms with Crippen LogP contribution in [0.5, 0.6) is 5.75 Å². The number of amides is 2. The number of benzene rings is 1. The zero-order valence-electron chi connectivity index (χ0n) is 11.6. The zero-order chi connectivity index (χ0) is 15.1. The van der Waals surface area contributed by atoms with E-state index in [1.54, 1.807) is 0 Å². The summed E-state index contributed by atoms with van der Waals surface area (Å²) in [6.45, 7) is 4.01. The molecule has 6 heteroatoms. The van der Waals surface area contributed by atoms with E-state index in [0.29, 0.717) is 0 Å². The summed E-state index contributed by atoms with van der Waals surface area (Å²) in [7, 11) is 0. The first-order valence-electron chi connectivity index (χ1n) is 6.62. The highest BCUT2D eigenvalue weighted by Crippen LogP contribution is 2.27. The number of para-hydroxylation sites is 1. The highest BCUT2D eigenvalue weighted by molar-refractivity contribution is 5.97. The molecule has 1 rings (SSSR count). The van der Waals surface area contributed by atoms with Crippen molar-refractivity contribution in [3.05, 3.63) is 23.8 Å². The highest BCUT2D eigenvalue weighted by Gasteiger charge is 2.15. The molecule has 0 aliphatic carbocycles. The van der Waals surface area contributed by atoms with Crippen LogP contribution in [0.3, 0.4) is 0 Å². The van der Waals surface area contributed by atoms with Crippen molar-refractivity contribution in [2.45, 2.75) is 39.2 Å². The Morgan fingerprint density at radius 2 is 2.00 bits per heavy atom. The average molecular weight is 280 g/mol. The number of carboxylic acid groups (broad SMARTS) is 1. The van der Waals surface area contributed by atoms with Gasteiger partial charge in [-0.3, -0.25) is 0 Å². The van der Waals surface area contributed by atoms with Gasteiger partial charge in [0.05, 0.1) is 5.69 Å². The van der Waals surface area contributed by atoms with E-state index in [-0.39, 0.29) is 17.3 Å². The summed E-state index contributed by atoms with van der Waals surface area (Å²) in [5.41, 5.74) is -0.169. The van der Waals surface area contributed by atoms with Gasteiger partial charge in [0.2, 0.25) is 0 Å². The van der Waals surface area contributed by atoms with Gasteiger partial charge >= 0.3 is 12.0 Å². The van der Waals surface area contributed by atoms with Crippen molar-refractivity contribution in [1.29, 1.82) is 0 Å². The van der Waals surface area contributed by atoms with Crippen LogP contribution in [0.1, 0.15) is 43.5 Å². The molecule has 20 heavy (non-hydrogen) atoms. The topological polar surface area (TPSA) is 98.7 Å². The van der Waals surface area contributed by atoms with Crippen LogP contribution in [-0.4, -0.2) is 28.3 Å². The predicted octanol–water partition coefficient (Wildman–Crippen LogP) is 2.79. The molecule has 1 aromatic rings. The van der Waals surface area contributed by atoms with Crippen LogP contribution in [0, 0.1) is 0 Å². The molecule has 0 heterocycles. The van der Waals surface area contributed by atoms with E-state index in [2.05, 4.69) is 10.6 Å². The Balaban J connectivity index is 2.76. The fourth-order valence-electron chi connectivity index (χ4n) is 1.89. The first kappa shape index (κ1) is 15.8. The third-order valence-electron chi connectivity index (χ3n) is 2.98. The summed E-state index contributed by atoms with van der Waals surface area (Å²) in [4.78, 5) is 22.7. The van der Waals surface area contributed by atoms with Crippen LogP contribution in [0.2, 0.25) is 0 Å². The van der Waals surface area contributed by atoms with E-state index >= 15 is 0 Å². The van der Waals surface area contributed by atoms with E-state index in [4.69, 9.17) is 5.11 Å². The molecule has 0 aliphatic rings. The van der Waals surface area contributed by atoms with Crippen molar-refractivity contribution < 1.29 is 19.8 Å². The number of anilines is 1. The first-order valence-corrected chi connectivity index (χ1v) is 6.62. The lowest BCUT2D eigenvalue weighted by Gasteiger charge is -2.17. The Bertz CT molecular complexity index is 488. The molecular weight excluding hydrogens is 260 g/mol. The van der Waals surface area contributed by atoms with Crippen LogP contribution in [0.4, 0.5) is 10.5 Å². The maximum Gasteiger partial charge on any atom is 0.339 e. The minimum absolute atomic E-state index is 0.0600. The number of nitrogens with one attached hydrogen (secondary N) is 2. The Morgan fingerprint density at radius 3 is 2.55 bits per heavy atom. The molecule has 0 spiro atoms. The number of rotatable bonds is 6. The summed E-state index contributed by atoms with van der Waals surface area (Å²) in [6, 6.07) is 3.78. The lowest BCUT2D eigenvalue weighted by Crippen LogP contribution is -2.37. The summed E-state index contributed by atoms with van der Waals surface area (Å²) in [5, 5.41) is 23.9. The fraction of sp³-hybridized carbons (Fsp3) is 0.429. The molecule has 2 amide bonds. The van der Waals surface area contributed by atoms with Crippen LogP contribution in [0.15, 0.2) is 18.2 Å². The second-order valence-corrected chi connectivity index (χ2v) is 4.50. The van der Waals surface area contributed by atoms with E-state index < -0.39 is 17.7 Å². The van der Waals surface area contributed by atoms with Gasteiger partial charge in [-0.05, 0) is 25.0 Å². The molecule has 0 aromatic heterocycles. The van der Waals surface area contributed by atoms with Crippen molar-refractivity contribution in [3.63, 3.8) is 0 Å². The number of carbonyl (C=O) groups is 2. The number of carboxylic acids is 1. The lowest BCUT2D eigenvalue weighted by atomic mass is 10.1. The molecule has 110 valence electrons. The third kappa shape index (κ3) is 4.15. The van der Waals surface area contributed by atoms with Crippen LogP contribution >= 0.6 is 0 Å². The van der Waals surface area contributed by atoms with Crippen molar-refractivity contribution in [2.75, 3.05) is 5.32 Å². The Labute approximate surface area is 117 Å². The molecule has 1 atom stereocenters. The minimum Gasteiger partial charge on any atom is -0.505 e. The number of hydrogen-bond acceptors (Lipinski definition) is 3. The maximum atomic E-state index is 11.8. The van der Waals surface area contributed by atoms with Gasteiger partial charge in [0.15, 0.2) is 5.75 Å². The van der Waals surface area contributed by atoms with Crippen molar-refractivity contribution in [2.24, 2.45) is 0 Å². The summed E-state index contributed by atoms with van der Waals surface area (Å²) in [5.74, 6) is -1.69. The van der Waals surface area contributed by atoms with Gasteiger partial charge in [-0.2, -0.15) is 0 Å². The molecule has 0 aliphatic heterocycles. The number of hydrogen-bond donors (Lipinski definition) is 4. The lowest BCUT2D eigenvalue weighted by molar-refractivity contribution is 0.0693. The second kappa shape index (κ2) is 7.37. The van der Waals surface area contributed by atoms with Crippen LogP contribution in [-0.2, 0) is 0 Å². The first-order chi connectivity index (χ1) is 9.49. The smallest absolute Gasteiger partial charge is 0.339 e. The predicted molar refractivity (Wildman–Crippen MR) is 76.2 cm³/mol. The Kier molecular flexibility index (Phi) is 5.83. The second-order valence-electron chi connectivity index (χ2n) is 4.50. The minimum atomic E-state index is -1.25. The normalized spacial score (nSPS) is 11.7. The van der Waals surface area contributed by atoms with Gasteiger partial charge < -0.3 is 20.8 Å². The van der Waals surface area contributed by atoms with E-state index in [9.17, 15) is 14.7 Å².